The van der Waals surface area contributed by atoms with Crippen molar-refractivity contribution in [2.75, 3.05) is 7.11 Å². The van der Waals surface area contributed by atoms with Crippen LogP contribution in [0.3, 0.4) is 0 Å². The Bertz CT molecular complexity index is 113. The molecule has 0 amide bonds. The number of carbonyl (C=O) groups excluding carboxylic acids is 1. The summed E-state index contributed by atoms with van der Waals surface area (Å²) in [5.41, 5.74) is 0. The van der Waals surface area contributed by atoms with Crippen LogP contribution in [0.1, 0.15) is 0 Å². The van der Waals surface area contributed by atoms with E-state index in [1.54, 1.807) is 0 Å². The molecule has 0 bridgehead atoms. The van der Waals surface area contributed by atoms with Crippen molar-refractivity contribution in [1.29, 1.82) is 0 Å². The molecule has 0 N–H and O–H groups in total. The fourth-order valence-corrected chi connectivity index (χ4v) is 0.243. The molecule has 0 atom stereocenters. The second-order valence-corrected chi connectivity index (χ2v) is 1.12. The van der Waals surface area contributed by atoms with Crippen molar-refractivity contribution in [1.82, 2.24) is 0 Å². The van der Waals surface area contributed by atoms with E-state index in [1.807, 2.05) is 0 Å². The maximum absolute atomic E-state index is 10.0. The van der Waals surface area contributed by atoms with E-state index in [-0.39, 0.29) is 0 Å². The van der Waals surface area contributed by atoms with Crippen LogP contribution < -0.4 is 0 Å². The van der Waals surface area contributed by atoms with Crippen molar-refractivity contribution in [2.45, 2.75) is 0 Å². The summed E-state index contributed by atoms with van der Waals surface area (Å²) in [5, 5.41) is 0. The molecular formula is C4H4MnO2. The van der Waals surface area contributed by atoms with Gasteiger partial charge in [0.25, 0.3) is 0 Å². The average Bonchev–Trinajstić information content (AvgIpc) is 1.68. The fraction of sp³-hybridized carbons (Fsp3) is 0.250. The Morgan fingerprint density at radius 1 is 2.00 bits per heavy atom. The van der Waals surface area contributed by atoms with Crippen LogP contribution in [0.5, 0.6) is 0 Å². The van der Waals surface area contributed by atoms with Crippen LogP contribution in [-0.4, -0.2) is 17.7 Å². The first-order valence-corrected chi connectivity index (χ1v) is 2.17. The second kappa shape index (κ2) is 3.82. The molecule has 0 aromatic heterocycles. The first kappa shape index (κ1) is 6.64. The molecule has 0 aromatic rings. The van der Waals surface area contributed by atoms with Crippen molar-refractivity contribution >= 4 is 10.5 Å². The molecule has 0 aliphatic rings. The summed E-state index contributed by atoms with van der Waals surface area (Å²) in [7, 11) is 1.31. The number of hydrogen-bond acceptors (Lipinski definition) is 2. The molecule has 2 nitrogen and oxygen atoms in total. The van der Waals surface area contributed by atoms with Crippen molar-refractivity contribution in [2.24, 2.45) is 0 Å². The zero-order chi connectivity index (χ0) is 5.70. The van der Waals surface area contributed by atoms with Crippen LogP contribution in [0.15, 0.2) is 6.08 Å². The summed E-state index contributed by atoms with van der Waals surface area (Å²) in [4.78, 5) is 10.0. The molecule has 0 saturated carbocycles. The van der Waals surface area contributed by atoms with Gasteiger partial charge < -0.3 is 0 Å². The van der Waals surface area contributed by atoms with E-state index in [4.69, 9.17) is 0 Å². The van der Waals surface area contributed by atoms with Gasteiger partial charge in [-0.05, 0) is 0 Å². The van der Waals surface area contributed by atoms with E-state index in [9.17, 15) is 4.79 Å². The van der Waals surface area contributed by atoms with Crippen molar-refractivity contribution in [3.8, 4) is 0 Å². The van der Waals surface area contributed by atoms with E-state index < -0.39 is 5.97 Å². The molecule has 39 valence electrons. The monoisotopic (exact) mass is 139 g/mol. The molecule has 3 heteroatoms. The van der Waals surface area contributed by atoms with E-state index in [1.165, 1.54) is 7.11 Å². The van der Waals surface area contributed by atoms with Gasteiger partial charge in [-0.15, -0.1) is 0 Å². The third-order valence-corrected chi connectivity index (χ3v) is 0.544. The number of rotatable bonds is 1. The zero-order valence-electron chi connectivity index (χ0n) is 3.77. The predicted molar refractivity (Wildman–Crippen MR) is 21.6 cm³/mol. The van der Waals surface area contributed by atoms with Crippen LogP contribution in [0.2, 0.25) is 0 Å². The third kappa shape index (κ3) is 3.47. The van der Waals surface area contributed by atoms with Gasteiger partial charge in [0.2, 0.25) is 0 Å². The van der Waals surface area contributed by atoms with Crippen LogP contribution in [0, 0.1) is 0 Å². The number of hydrogen-bond donors (Lipinski definition) is 0. The summed E-state index contributed by atoms with van der Waals surface area (Å²) in [6, 6.07) is 0. The predicted octanol–water partition coefficient (Wildman–Crippen LogP) is -0.337. The Morgan fingerprint density at radius 2 is 2.57 bits per heavy atom. The van der Waals surface area contributed by atoms with Gasteiger partial charge in [-0.25, -0.2) is 0 Å². The van der Waals surface area contributed by atoms with Gasteiger partial charge in [0.15, 0.2) is 0 Å². The Balaban J connectivity index is 3.58. The van der Waals surface area contributed by atoms with Crippen LogP contribution in [0.25, 0.3) is 0 Å². The Kier molecular flexibility index (Phi) is 3.62. The van der Waals surface area contributed by atoms with Crippen LogP contribution in [0.4, 0.5) is 0 Å². The standard InChI is InChI=1S/C4H4O2.Mn/c1-3-4(5)6-2;/h3H,2H3;. The molecule has 0 rings (SSSR count). The molecule has 0 spiro atoms. The molecule has 0 unspecified atom stereocenters. The normalized spacial score (nSPS) is 6.43. The second-order valence-electron chi connectivity index (χ2n) is 0.777. The van der Waals surface area contributed by atoms with Gasteiger partial charge in [-0.2, -0.15) is 0 Å². The summed E-state index contributed by atoms with van der Waals surface area (Å²) in [6.07, 6.45) is 1.15. The topological polar surface area (TPSA) is 26.3 Å². The van der Waals surface area contributed by atoms with Crippen LogP contribution >= 0.6 is 0 Å². The fourth-order valence-electron chi connectivity index (χ4n) is 0.103. The van der Waals surface area contributed by atoms with Gasteiger partial charge in [0.05, 0.1) is 0 Å². The Hall–Kier alpha value is -0.361. The van der Waals surface area contributed by atoms with Crippen LogP contribution in [-0.2, 0) is 25.1 Å². The molecular weight excluding hydrogens is 135 g/mol. The van der Waals surface area contributed by atoms with E-state index >= 15 is 0 Å². The molecule has 0 aliphatic heterocycles. The maximum atomic E-state index is 10.0. The number of methoxy groups -OCH3 is 1. The van der Waals surface area contributed by atoms with E-state index in [0.29, 0.717) is 0 Å². The van der Waals surface area contributed by atoms with Gasteiger partial charge in [-0.1, -0.05) is 0 Å². The minimum atomic E-state index is -0.406. The number of carbonyl (C=O) groups is 1. The summed E-state index contributed by atoms with van der Waals surface area (Å²) >= 11 is 2.78. The van der Waals surface area contributed by atoms with Gasteiger partial charge >= 0.3 is 48.8 Å². The molecule has 0 aliphatic carbocycles. The van der Waals surface area contributed by atoms with Gasteiger partial charge in [0.1, 0.15) is 0 Å². The first-order valence-electron chi connectivity index (χ1n) is 1.58. The van der Waals surface area contributed by atoms with Gasteiger partial charge in [-0.3, -0.25) is 0 Å². The molecule has 0 heterocycles. The molecule has 7 heavy (non-hydrogen) atoms. The summed E-state index contributed by atoms with van der Waals surface area (Å²) < 4.78 is 6.53. The van der Waals surface area contributed by atoms with E-state index in [0.717, 1.165) is 6.08 Å². The number of ether oxygens (including phenoxy) is 1. The summed E-state index contributed by atoms with van der Waals surface area (Å²) in [5.74, 6) is -0.406. The molecule has 0 aromatic carbocycles. The van der Waals surface area contributed by atoms with Crippen molar-refractivity contribution < 1.29 is 25.1 Å². The average molecular weight is 139 g/mol. The molecule has 0 radical (unpaired) electrons. The van der Waals surface area contributed by atoms with E-state index in [2.05, 4.69) is 24.9 Å². The van der Waals surface area contributed by atoms with Crippen molar-refractivity contribution in [3.63, 3.8) is 0 Å². The quantitative estimate of drug-likeness (QED) is 0.282. The number of esters is 1. The van der Waals surface area contributed by atoms with Gasteiger partial charge in [0, 0.05) is 0 Å². The zero-order valence-corrected chi connectivity index (χ0v) is 4.95. The first-order chi connectivity index (χ1) is 3.31. The minimum absolute atomic E-state index is 0.406. The molecule has 0 fully saturated rings. The van der Waals surface area contributed by atoms with Crippen molar-refractivity contribution in [3.05, 3.63) is 6.08 Å². The SMILES string of the molecule is COC(=O)C=[C]=[Mn]. The summed E-state index contributed by atoms with van der Waals surface area (Å²) in [6.45, 7) is 0. The molecule has 0 saturated heterocycles. The Morgan fingerprint density at radius 3 is 2.71 bits per heavy atom. The third-order valence-electron chi connectivity index (χ3n) is 0.374. The Labute approximate surface area is 49.5 Å².